The van der Waals surface area contributed by atoms with Crippen molar-refractivity contribution in [1.82, 2.24) is 19.7 Å². The van der Waals surface area contributed by atoms with E-state index >= 15 is 0 Å². The van der Waals surface area contributed by atoms with Crippen molar-refractivity contribution in [3.8, 4) is 22.4 Å². The van der Waals surface area contributed by atoms with Crippen LogP contribution in [0.1, 0.15) is 18.7 Å². The van der Waals surface area contributed by atoms with Crippen LogP contribution in [0.4, 0.5) is 4.39 Å². The predicted molar refractivity (Wildman–Crippen MR) is 106 cm³/mol. The molecular weight excluding hydrogens is 379 g/mol. The first-order valence-corrected chi connectivity index (χ1v) is 9.28. The van der Waals surface area contributed by atoms with E-state index in [9.17, 15) is 9.18 Å². The lowest BCUT2D eigenvalue weighted by atomic mass is 9.95. The highest BCUT2D eigenvalue weighted by atomic mass is 35.5. The predicted octanol–water partition coefficient (Wildman–Crippen LogP) is 4.49. The summed E-state index contributed by atoms with van der Waals surface area (Å²) in [5.41, 5.74) is 3.40. The molecule has 0 saturated heterocycles. The summed E-state index contributed by atoms with van der Waals surface area (Å²) < 4.78 is 16.6. The molecule has 1 unspecified atom stereocenters. The zero-order chi connectivity index (χ0) is 19.8. The molecule has 1 atom stereocenters. The quantitative estimate of drug-likeness (QED) is 0.613. The normalized spacial score (nSPS) is 16.0. The van der Waals surface area contributed by atoms with Crippen LogP contribution in [0.25, 0.3) is 22.4 Å². The molecule has 0 N–H and O–H groups in total. The molecule has 4 rings (SSSR count). The molecule has 1 aliphatic rings. The van der Waals surface area contributed by atoms with Gasteiger partial charge in [-0.25, -0.2) is 4.39 Å². The molecule has 3 heterocycles. The van der Waals surface area contributed by atoms with Gasteiger partial charge in [0.2, 0.25) is 5.91 Å². The second-order valence-electron chi connectivity index (χ2n) is 6.60. The van der Waals surface area contributed by atoms with Crippen molar-refractivity contribution in [1.29, 1.82) is 0 Å². The first-order chi connectivity index (χ1) is 13.5. The van der Waals surface area contributed by atoms with E-state index in [0.29, 0.717) is 29.4 Å². The molecule has 0 saturated carbocycles. The second kappa shape index (κ2) is 7.20. The lowest BCUT2D eigenvalue weighted by Gasteiger charge is -2.34. The molecule has 0 fully saturated rings. The third-order valence-electron chi connectivity index (χ3n) is 5.02. The fraction of sp³-hybridized carbons (Fsp3) is 0.190. The van der Waals surface area contributed by atoms with Crippen molar-refractivity contribution in [2.45, 2.75) is 19.5 Å². The average Bonchev–Trinajstić information content (AvgIpc) is 3.08. The molecule has 0 bridgehead atoms. The van der Waals surface area contributed by atoms with Crippen molar-refractivity contribution < 1.29 is 9.18 Å². The van der Waals surface area contributed by atoms with E-state index in [1.165, 1.54) is 12.1 Å². The van der Waals surface area contributed by atoms with Gasteiger partial charge in [0.25, 0.3) is 0 Å². The van der Waals surface area contributed by atoms with Gasteiger partial charge in [0.1, 0.15) is 11.5 Å². The smallest absolute Gasteiger partial charge is 0.246 e. The van der Waals surface area contributed by atoms with Crippen molar-refractivity contribution in [3.05, 3.63) is 71.9 Å². The molecule has 3 aromatic rings. The van der Waals surface area contributed by atoms with E-state index in [2.05, 4.69) is 11.6 Å². The minimum Gasteiger partial charge on any atom is -0.329 e. The minimum absolute atomic E-state index is 0.139. The van der Waals surface area contributed by atoms with E-state index in [0.717, 1.165) is 16.8 Å². The van der Waals surface area contributed by atoms with Gasteiger partial charge in [0.05, 0.1) is 18.3 Å². The molecule has 7 heteroatoms. The highest BCUT2D eigenvalue weighted by molar-refractivity contribution is 6.30. The van der Waals surface area contributed by atoms with Gasteiger partial charge in [-0.15, -0.1) is 0 Å². The fourth-order valence-corrected chi connectivity index (χ4v) is 3.86. The van der Waals surface area contributed by atoms with Gasteiger partial charge in [0.15, 0.2) is 0 Å². The van der Waals surface area contributed by atoms with Crippen LogP contribution >= 0.6 is 11.6 Å². The number of halogens is 2. The third-order valence-corrected chi connectivity index (χ3v) is 5.26. The summed E-state index contributed by atoms with van der Waals surface area (Å²) in [5.74, 6) is -0.579. The van der Waals surface area contributed by atoms with Gasteiger partial charge in [-0.1, -0.05) is 18.2 Å². The molecule has 1 aromatic carbocycles. The number of carbonyl (C=O) groups is 1. The topological polar surface area (TPSA) is 51.0 Å². The summed E-state index contributed by atoms with van der Waals surface area (Å²) in [6.07, 6.45) is 4.68. The zero-order valence-corrected chi connectivity index (χ0v) is 16.0. The summed E-state index contributed by atoms with van der Waals surface area (Å²) in [5, 5.41) is 5.03. The number of fused-ring (bicyclic) bond motifs is 1. The van der Waals surface area contributed by atoms with Crippen LogP contribution in [0.5, 0.6) is 0 Å². The Balaban J connectivity index is 1.97. The van der Waals surface area contributed by atoms with E-state index in [-0.39, 0.29) is 11.9 Å². The molecule has 0 aliphatic carbocycles. The number of hydrogen-bond acceptors (Lipinski definition) is 3. The molecular formula is C21H18ClFN4O. The SMILES string of the molecule is C=CC(=O)N1CCn2nc(-c3ccc(Cl)cc3F)c(-c3ccncc3)c2C1C. The number of hydrogen-bond donors (Lipinski definition) is 0. The molecule has 0 radical (unpaired) electrons. The van der Waals surface area contributed by atoms with Crippen molar-refractivity contribution in [2.75, 3.05) is 6.54 Å². The standard InChI is InChI=1S/C21H18ClFN4O/c1-3-18(28)26-10-11-27-21(13(26)2)19(14-6-8-24-9-7-14)20(25-27)16-5-4-15(22)12-17(16)23/h3-9,12-13H,1,10-11H2,2H3. The van der Waals surface area contributed by atoms with Gasteiger partial charge in [0, 0.05) is 35.1 Å². The number of pyridine rings is 1. The first kappa shape index (κ1) is 18.4. The summed E-state index contributed by atoms with van der Waals surface area (Å²) in [6.45, 7) is 6.57. The van der Waals surface area contributed by atoms with Gasteiger partial charge in [-0.05, 0) is 48.9 Å². The summed E-state index contributed by atoms with van der Waals surface area (Å²) >= 11 is 5.93. The van der Waals surface area contributed by atoms with Gasteiger partial charge < -0.3 is 4.90 Å². The number of amides is 1. The minimum atomic E-state index is -0.440. The van der Waals surface area contributed by atoms with Crippen LogP contribution in [0.15, 0.2) is 55.4 Å². The summed E-state index contributed by atoms with van der Waals surface area (Å²) in [4.78, 5) is 18.1. The second-order valence-corrected chi connectivity index (χ2v) is 7.04. The number of benzene rings is 1. The van der Waals surface area contributed by atoms with Crippen molar-refractivity contribution >= 4 is 17.5 Å². The Morgan fingerprint density at radius 2 is 2.04 bits per heavy atom. The van der Waals surface area contributed by atoms with Crippen LogP contribution in [0.3, 0.4) is 0 Å². The number of nitrogens with zero attached hydrogens (tertiary/aromatic N) is 4. The number of carbonyl (C=O) groups excluding carboxylic acids is 1. The molecule has 0 spiro atoms. The van der Waals surface area contributed by atoms with Crippen LogP contribution in [-0.4, -0.2) is 32.1 Å². The average molecular weight is 397 g/mol. The fourth-order valence-electron chi connectivity index (χ4n) is 3.71. The Morgan fingerprint density at radius 1 is 1.29 bits per heavy atom. The molecule has 1 amide bonds. The molecule has 2 aromatic heterocycles. The largest absolute Gasteiger partial charge is 0.329 e. The Bertz CT molecular complexity index is 1060. The van der Waals surface area contributed by atoms with Crippen LogP contribution in [-0.2, 0) is 11.3 Å². The monoisotopic (exact) mass is 396 g/mol. The highest BCUT2D eigenvalue weighted by Crippen LogP contribution is 2.41. The maximum Gasteiger partial charge on any atom is 0.246 e. The van der Waals surface area contributed by atoms with E-state index in [1.807, 2.05) is 23.7 Å². The molecule has 1 aliphatic heterocycles. The van der Waals surface area contributed by atoms with Gasteiger partial charge in [-0.2, -0.15) is 5.10 Å². The molecule has 142 valence electrons. The lowest BCUT2D eigenvalue weighted by molar-refractivity contribution is -0.129. The lowest BCUT2D eigenvalue weighted by Crippen LogP contribution is -2.40. The Kier molecular flexibility index (Phi) is 4.73. The zero-order valence-electron chi connectivity index (χ0n) is 15.3. The van der Waals surface area contributed by atoms with E-state index in [1.54, 1.807) is 29.4 Å². The Hall–Kier alpha value is -2.99. The third kappa shape index (κ3) is 2.99. The van der Waals surface area contributed by atoms with Gasteiger partial charge >= 0.3 is 0 Å². The number of aromatic nitrogens is 3. The van der Waals surface area contributed by atoms with Gasteiger partial charge in [-0.3, -0.25) is 14.5 Å². The highest BCUT2D eigenvalue weighted by Gasteiger charge is 2.33. The Labute approximate surface area is 167 Å². The summed E-state index contributed by atoms with van der Waals surface area (Å²) in [6, 6.07) is 8.04. The molecule has 5 nitrogen and oxygen atoms in total. The van der Waals surface area contributed by atoms with E-state index in [4.69, 9.17) is 16.7 Å². The number of rotatable bonds is 3. The van der Waals surface area contributed by atoms with Crippen LogP contribution < -0.4 is 0 Å². The van der Waals surface area contributed by atoms with Crippen LogP contribution in [0, 0.1) is 5.82 Å². The molecule has 28 heavy (non-hydrogen) atoms. The van der Waals surface area contributed by atoms with E-state index < -0.39 is 5.82 Å². The Morgan fingerprint density at radius 3 is 2.71 bits per heavy atom. The van der Waals surface area contributed by atoms with Crippen molar-refractivity contribution in [3.63, 3.8) is 0 Å². The maximum absolute atomic E-state index is 14.7. The van der Waals surface area contributed by atoms with Crippen LogP contribution in [0.2, 0.25) is 5.02 Å². The first-order valence-electron chi connectivity index (χ1n) is 8.90. The van der Waals surface area contributed by atoms with Crippen molar-refractivity contribution in [2.24, 2.45) is 0 Å². The summed E-state index contributed by atoms with van der Waals surface area (Å²) in [7, 11) is 0. The maximum atomic E-state index is 14.7.